The van der Waals surface area contributed by atoms with Gasteiger partial charge in [-0.1, -0.05) is 20.8 Å². The number of aromatic carboxylic acids is 1. The maximum atomic E-state index is 13.5. The summed E-state index contributed by atoms with van der Waals surface area (Å²) in [5.74, 6) is -3.18. The molecule has 3 N–H and O–H groups in total. The molecule has 1 atom stereocenters. The zero-order valence-electron chi connectivity index (χ0n) is 12.0. The predicted molar refractivity (Wildman–Crippen MR) is 74.3 cm³/mol. The Balaban J connectivity index is 2.76. The van der Waals surface area contributed by atoms with Crippen LogP contribution in [0.1, 0.15) is 31.1 Å². The van der Waals surface area contributed by atoms with E-state index in [2.05, 4.69) is 10.6 Å². The lowest BCUT2D eigenvalue weighted by Crippen LogP contribution is -2.34. The zero-order valence-corrected chi connectivity index (χ0v) is 12.0. The second kappa shape index (κ2) is 7.01. The van der Waals surface area contributed by atoms with Crippen LogP contribution in [0, 0.1) is 23.5 Å². The quantitative estimate of drug-likeness (QED) is 0.782. The van der Waals surface area contributed by atoms with Gasteiger partial charge < -0.3 is 15.7 Å². The number of hydrogen-bond acceptors (Lipinski definition) is 2. The maximum absolute atomic E-state index is 13.5. The van der Waals surface area contributed by atoms with Crippen molar-refractivity contribution in [1.29, 1.82) is 0 Å². The van der Waals surface area contributed by atoms with Gasteiger partial charge in [0.2, 0.25) is 0 Å². The van der Waals surface area contributed by atoms with E-state index in [4.69, 9.17) is 5.11 Å². The van der Waals surface area contributed by atoms with Gasteiger partial charge in [0.1, 0.15) is 11.6 Å². The zero-order chi connectivity index (χ0) is 16.2. The second-order valence-corrected chi connectivity index (χ2v) is 5.17. The smallest absolute Gasteiger partial charge is 0.338 e. The van der Waals surface area contributed by atoms with Crippen molar-refractivity contribution in [2.24, 2.45) is 11.8 Å². The fraction of sp³-hybridized carbons (Fsp3) is 0.429. The summed E-state index contributed by atoms with van der Waals surface area (Å²) in [6, 6.07) is 0.498. The van der Waals surface area contributed by atoms with Crippen LogP contribution in [0.4, 0.5) is 19.3 Å². The minimum absolute atomic E-state index is 0.225. The third kappa shape index (κ3) is 4.70. The van der Waals surface area contributed by atoms with Crippen LogP contribution in [-0.2, 0) is 0 Å². The molecule has 0 fully saturated rings. The van der Waals surface area contributed by atoms with Crippen LogP contribution in [0.5, 0.6) is 0 Å². The number of amides is 2. The number of hydrogen-bond donors (Lipinski definition) is 3. The van der Waals surface area contributed by atoms with Crippen LogP contribution in [0.3, 0.4) is 0 Å². The Bertz CT molecular complexity index is 547. The van der Waals surface area contributed by atoms with E-state index in [-0.39, 0.29) is 11.6 Å². The molecule has 1 rings (SSSR count). The lowest BCUT2D eigenvalue weighted by Gasteiger charge is -2.16. The molecule has 0 radical (unpaired) electrons. The molecule has 1 aromatic carbocycles. The summed E-state index contributed by atoms with van der Waals surface area (Å²) >= 11 is 0. The molecular weight excluding hydrogens is 282 g/mol. The van der Waals surface area contributed by atoms with Gasteiger partial charge in [0.05, 0.1) is 11.3 Å². The van der Waals surface area contributed by atoms with E-state index >= 15 is 0 Å². The number of rotatable bonds is 5. The number of carboxylic acid groups (broad SMARTS) is 1. The molecule has 0 saturated carbocycles. The molecule has 21 heavy (non-hydrogen) atoms. The number of halogens is 2. The molecule has 0 spiro atoms. The maximum Gasteiger partial charge on any atom is 0.338 e. The van der Waals surface area contributed by atoms with Crippen molar-refractivity contribution in [3.05, 3.63) is 29.3 Å². The standard InChI is InChI=1S/C14H18F2N2O3/c1-7(2)8(3)6-17-14(21)18-12-4-9(13(19)20)10(15)5-11(12)16/h4-5,7-8H,6H2,1-3H3,(H,19,20)(H2,17,18,21). The van der Waals surface area contributed by atoms with E-state index in [0.29, 0.717) is 18.5 Å². The van der Waals surface area contributed by atoms with Gasteiger partial charge in [0.15, 0.2) is 0 Å². The van der Waals surface area contributed by atoms with Gasteiger partial charge in [0, 0.05) is 12.6 Å². The molecule has 0 aliphatic heterocycles. The van der Waals surface area contributed by atoms with Gasteiger partial charge >= 0.3 is 12.0 Å². The minimum atomic E-state index is -1.54. The summed E-state index contributed by atoms with van der Waals surface area (Å²) in [6.45, 7) is 6.34. The van der Waals surface area contributed by atoms with E-state index in [1.54, 1.807) is 0 Å². The number of carboxylic acids is 1. The summed E-state index contributed by atoms with van der Waals surface area (Å²) in [5.41, 5.74) is -1.09. The van der Waals surface area contributed by atoms with Crippen LogP contribution < -0.4 is 10.6 Å². The number of nitrogens with one attached hydrogen (secondary N) is 2. The first-order valence-corrected chi connectivity index (χ1v) is 6.49. The lowest BCUT2D eigenvalue weighted by molar-refractivity contribution is 0.0692. The average Bonchev–Trinajstić information content (AvgIpc) is 2.38. The van der Waals surface area contributed by atoms with Crippen LogP contribution in [-0.4, -0.2) is 23.7 Å². The van der Waals surface area contributed by atoms with E-state index < -0.39 is 29.2 Å². The molecule has 116 valence electrons. The molecule has 0 heterocycles. The Labute approximate surface area is 121 Å². The van der Waals surface area contributed by atoms with Crippen molar-refractivity contribution in [1.82, 2.24) is 5.32 Å². The molecule has 1 aromatic rings. The minimum Gasteiger partial charge on any atom is -0.478 e. The second-order valence-electron chi connectivity index (χ2n) is 5.17. The molecule has 0 aliphatic carbocycles. The van der Waals surface area contributed by atoms with Gasteiger partial charge in [-0.2, -0.15) is 0 Å². The molecule has 0 bridgehead atoms. The van der Waals surface area contributed by atoms with Crippen molar-refractivity contribution < 1.29 is 23.5 Å². The third-order valence-electron chi connectivity index (χ3n) is 3.26. The number of benzene rings is 1. The molecular formula is C14H18F2N2O3. The van der Waals surface area contributed by atoms with Gasteiger partial charge in [-0.05, 0) is 17.9 Å². The molecule has 1 unspecified atom stereocenters. The van der Waals surface area contributed by atoms with Crippen molar-refractivity contribution in [3.8, 4) is 0 Å². The van der Waals surface area contributed by atoms with E-state index in [1.807, 2.05) is 20.8 Å². The van der Waals surface area contributed by atoms with E-state index in [9.17, 15) is 18.4 Å². The monoisotopic (exact) mass is 300 g/mol. The van der Waals surface area contributed by atoms with Gasteiger partial charge in [-0.3, -0.25) is 0 Å². The van der Waals surface area contributed by atoms with Gasteiger partial charge in [-0.25, -0.2) is 18.4 Å². The van der Waals surface area contributed by atoms with E-state index in [0.717, 1.165) is 6.07 Å². The number of carbonyl (C=O) groups excluding carboxylic acids is 1. The SMILES string of the molecule is CC(C)C(C)CNC(=O)Nc1cc(C(=O)O)c(F)cc1F. The number of urea groups is 1. The topological polar surface area (TPSA) is 78.4 Å². The molecule has 5 nitrogen and oxygen atoms in total. The molecule has 7 heteroatoms. The highest BCUT2D eigenvalue weighted by molar-refractivity contribution is 5.93. The number of anilines is 1. The first-order chi connectivity index (χ1) is 9.72. The Kier molecular flexibility index (Phi) is 5.63. The van der Waals surface area contributed by atoms with Crippen molar-refractivity contribution in [3.63, 3.8) is 0 Å². The Morgan fingerprint density at radius 2 is 1.81 bits per heavy atom. The third-order valence-corrected chi connectivity index (χ3v) is 3.26. The highest BCUT2D eigenvalue weighted by Gasteiger charge is 2.17. The average molecular weight is 300 g/mol. The largest absolute Gasteiger partial charge is 0.478 e. The lowest BCUT2D eigenvalue weighted by atomic mass is 9.98. The molecule has 2 amide bonds. The Morgan fingerprint density at radius 1 is 1.19 bits per heavy atom. The van der Waals surface area contributed by atoms with Crippen LogP contribution >= 0.6 is 0 Å². The summed E-state index contributed by atoms with van der Waals surface area (Å²) in [7, 11) is 0. The van der Waals surface area contributed by atoms with Crippen LogP contribution in [0.25, 0.3) is 0 Å². The summed E-state index contributed by atoms with van der Waals surface area (Å²) < 4.78 is 26.7. The highest BCUT2D eigenvalue weighted by Crippen LogP contribution is 2.19. The number of carbonyl (C=O) groups is 2. The van der Waals surface area contributed by atoms with Crippen molar-refractivity contribution in [2.75, 3.05) is 11.9 Å². The van der Waals surface area contributed by atoms with Gasteiger partial charge in [0.25, 0.3) is 0 Å². The van der Waals surface area contributed by atoms with Crippen molar-refractivity contribution >= 4 is 17.7 Å². The fourth-order valence-corrected chi connectivity index (χ4v) is 1.46. The van der Waals surface area contributed by atoms with Gasteiger partial charge in [-0.15, -0.1) is 0 Å². The molecule has 0 aromatic heterocycles. The molecule has 0 aliphatic rings. The normalized spacial score (nSPS) is 12.1. The van der Waals surface area contributed by atoms with Crippen LogP contribution in [0.2, 0.25) is 0 Å². The first kappa shape index (κ1) is 16.9. The predicted octanol–water partition coefficient (Wildman–Crippen LogP) is 3.08. The fourth-order valence-electron chi connectivity index (χ4n) is 1.46. The summed E-state index contributed by atoms with van der Waals surface area (Å²) in [6.07, 6.45) is 0. The van der Waals surface area contributed by atoms with Crippen molar-refractivity contribution in [2.45, 2.75) is 20.8 Å². The Hall–Kier alpha value is -2.18. The highest BCUT2D eigenvalue weighted by atomic mass is 19.1. The first-order valence-electron chi connectivity index (χ1n) is 6.49. The summed E-state index contributed by atoms with van der Waals surface area (Å²) in [4.78, 5) is 22.4. The summed E-state index contributed by atoms with van der Waals surface area (Å²) in [5, 5.41) is 13.5. The van der Waals surface area contributed by atoms with E-state index in [1.165, 1.54) is 0 Å². The Morgan fingerprint density at radius 3 is 2.33 bits per heavy atom. The molecule has 0 saturated heterocycles. The van der Waals surface area contributed by atoms with Crippen LogP contribution in [0.15, 0.2) is 12.1 Å².